The minimum atomic E-state index is -3.36. The first-order valence-corrected chi connectivity index (χ1v) is 10.4. The maximum absolute atomic E-state index is 12.1. The van der Waals surface area contributed by atoms with Crippen LogP contribution in [-0.2, 0) is 16.6 Å². The van der Waals surface area contributed by atoms with E-state index in [1.54, 1.807) is 7.05 Å². The van der Waals surface area contributed by atoms with E-state index >= 15 is 0 Å². The summed E-state index contributed by atoms with van der Waals surface area (Å²) in [7, 11) is -1.73. The van der Waals surface area contributed by atoms with Crippen LogP contribution in [0.3, 0.4) is 0 Å². The summed E-state index contributed by atoms with van der Waals surface area (Å²) < 4.78 is 32.3. The van der Waals surface area contributed by atoms with Crippen molar-refractivity contribution in [3.63, 3.8) is 0 Å². The summed E-state index contributed by atoms with van der Waals surface area (Å²) in [5.41, 5.74) is 0.921. The summed E-state index contributed by atoms with van der Waals surface area (Å²) in [6.07, 6.45) is 0. The van der Waals surface area contributed by atoms with Gasteiger partial charge in [-0.15, -0.1) is 24.0 Å². The van der Waals surface area contributed by atoms with Crippen LogP contribution in [-0.4, -0.2) is 46.9 Å². The van der Waals surface area contributed by atoms with Gasteiger partial charge >= 0.3 is 0 Å². The number of hydrogen-bond acceptors (Lipinski definition) is 4. The lowest BCUT2D eigenvalue weighted by atomic mass is 10.2. The van der Waals surface area contributed by atoms with Gasteiger partial charge in [-0.3, -0.25) is 4.99 Å². The predicted octanol–water partition coefficient (Wildman–Crippen LogP) is 1.97. The Balaban J connectivity index is 0.00000392. The molecule has 0 amide bonds. The fourth-order valence-electron chi connectivity index (χ4n) is 2.24. The fraction of sp³-hybridized carbons (Fsp3) is 0.316. The average Bonchev–Trinajstić information content (AvgIpc) is 2.70. The number of sulfonamides is 1. The standard InChI is InChI=1S/C19H26N4O3S.HI/c1-20-19(21-12-14-26-18-10-6-3-7-11-18)22-13-15-27(24,25)23-16-17-8-4-2-5-9-17;/h2-11,23H,12-16H2,1H3,(H2,20,21,22);1H. The Morgan fingerprint density at radius 2 is 1.57 bits per heavy atom. The van der Waals surface area contributed by atoms with Crippen LogP contribution in [0.4, 0.5) is 0 Å². The first-order valence-electron chi connectivity index (χ1n) is 8.73. The van der Waals surface area contributed by atoms with Crippen molar-refractivity contribution < 1.29 is 13.2 Å². The molecule has 2 rings (SSSR count). The quantitative estimate of drug-likeness (QED) is 0.194. The highest BCUT2D eigenvalue weighted by molar-refractivity contribution is 14.0. The summed E-state index contributed by atoms with van der Waals surface area (Å²) >= 11 is 0. The van der Waals surface area contributed by atoms with Crippen LogP contribution < -0.4 is 20.1 Å². The second-order valence-corrected chi connectivity index (χ2v) is 7.64. The zero-order valence-corrected chi connectivity index (χ0v) is 18.9. The third kappa shape index (κ3) is 9.90. The van der Waals surface area contributed by atoms with Crippen molar-refractivity contribution in [3.05, 3.63) is 66.2 Å². The van der Waals surface area contributed by atoms with E-state index < -0.39 is 10.0 Å². The first-order chi connectivity index (χ1) is 13.1. The topological polar surface area (TPSA) is 91.8 Å². The van der Waals surface area contributed by atoms with Crippen LogP contribution in [0, 0.1) is 0 Å². The Hall–Kier alpha value is -1.85. The average molecular weight is 518 g/mol. The van der Waals surface area contributed by atoms with Crippen LogP contribution >= 0.6 is 24.0 Å². The van der Waals surface area contributed by atoms with E-state index in [2.05, 4.69) is 20.3 Å². The molecule has 0 bridgehead atoms. The number of para-hydroxylation sites is 1. The molecule has 3 N–H and O–H groups in total. The molecule has 154 valence electrons. The molecule has 0 aliphatic rings. The molecule has 0 spiro atoms. The van der Waals surface area contributed by atoms with Gasteiger partial charge in [0.15, 0.2) is 5.96 Å². The van der Waals surface area contributed by atoms with Crippen molar-refractivity contribution in [1.29, 1.82) is 0 Å². The molecule has 2 aromatic carbocycles. The van der Waals surface area contributed by atoms with Crippen LogP contribution in [0.15, 0.2) is 65.7 Å². The third-order valence-corrected chi connectivity index (χ3v) is 4.96. The van der Waals surface area contributed by atoms with Gasteiger partial charge in [0.1, 0.15) is 12.4 Å². The molecule has 0 heterocycles. The van der Waals surface area contributed by atoms with Crippen LogP contribution in [0.2, 0.25) is 0 Å². The SMILES string of the molecule is CN=C(NCCOc1ccccc1)NCCS(=O)(=O)NCc1ccccc1.I. The summed E-state index contributed by atoms with van der Waals surface area (Å²) in [5.74, 6) is 1.30. The molecule has 0 radical (unpaired) electrons. The molecule has 0 saturated carbocycles. The summed E-state index contributed by atoms with van der Waals surface area (Å²) in [6, 6.07) is 18.9. The zero-order chi connectivity index (χ0) is 19.4. The largest absolute Gasteiger partial charge is 0.492 e. The number of nitrogens with one attached hydrogen (secondary N) is 3. The van der Waals surface area contributed by atoms with Crippen molar-refractivity contribution in [1.82, 2.24) is 15.4 Å². The van der Waals surface area contributed by atoms with E-state index in [1.165, 1.54) is 0 Å². The number of hydrogen-bond donors (Lipinski definition) is 3. The van der Waals surface area contributed by atoms with Gasteiger partial charge in [-0.1, -0.05) is 48.5 Å². The second kappa shape index (κ2) is 13.3. The molecule has 0 aliphatic heterocycles. The van der Waals surface area contributed by atoms with Crippen molar-refractivity contribution in [2.75, 3.05) is 32.5 Å². The molecule has 0 saturated heterocycles. The summed E-state index contributed by atoms with van der Waals surface area (Å²) in [5, 5.41) is 6.07. The van der Waals surface area contributed by atoms with Crippen LogP contribution in [0.5, 0.6) is 5.75 Å². The van der Waals surface area contributed by atoms with E-state index in [4.69, 9.17) is 4.74 Å². The summed E-state index contributed by atoms with van der Waals surface area (Å²) in [4.78, 5) is 4.07. The molecule has 0 aliphatic carbocycles. The molecular weight excluding hydrogens is 491 g/mol. The van der Waals surface area contributed by atoms with E-state index in [1.807, 2.05) is 60.7 Å². The van der Waals surface area contributed by atoms with Crippen molar-refractivity contribution in [3.8, 4) is 5.75 Å². The van der Waals surface area contributed by atoms with Gasteiger partial charge in [0, 0.05) is 20.1 Å². The number of nitrogens with zero attached hydrogens (tertiary/aromatic N) is 1. The monoisotopic (exact) mass is 518 g/mol. The number of aliphatic imine (C=N–C) groups is 1. The Bertz CT molecular complexity index is 802. The normalized spacial score (nSPS) is 11.4. The van der Waals surface area contributed by atoms with Gasteiger partial charge in [-0.2, -0.15) is 0 Å². The van der Waals surface area contributed by atoms with Gasteiger partial charge in [0.05, 0.1) is 12.3 Å². The zero-order valence-electron chi connectivity index (χ0n) is 15.8. The second-order valence-electron chi connectivity index (χ2n) is 5.71. The maximum Gasteiger partial charge on any atom is 0.213 e. The highest BCUT2D eigenvalue weighted by Crippen LogP contribution is 2.07. The molecule has 7 nitrogen and oxygen atoms in total. The number of benzene rings is 2. The van der Waals surface area contributed by atoms with Gasteiger partial charge in [0.25, 0.3) is 0 Å². The molecule has 0 unspecified atom stereocenters. The Kier molecular flexibility index (Phi) is 11.5. The maximum atomic E-state index is 12.1. The van der Waals surface area contributed by atoms with E-state index in [0.717, 1.165) is 11.3 Å². The highest BCUT2D eigenvalue weighted by atomic mass is 127. The molecular formula is C19H27IN4O3S. The van der Waals surface area contributed by atoms with Gasteiger partial charge in [0.2, 0.25) is 10.0 Å². The third-order valence-electron chi connectivity index (χ3n) is 3.63. The molecule has 0 aromatic heterocycles. The van der Waals surface area contributed by atoms with E-state index in [0.29, 0.717) is 19.1 Å². The minimum absolute atomic E-state index is 0. The van der Waals surface area contributed by atoms with Crippen LogP contribution in [0.25, 0.3) is 0 Å². The Morgan fingerprint density at radius 1 is 0.964 bits per heavy atom. The number of halogens is 1. The van der Waals surface area contributed by atoms with Gasteiger partial charge in [-0.05, 0) is 17.7 Å². The molecule has 2 aromatic rings. The summed E-state index contributed by atoms with van der Waals surface area (Å²) in [6.45, 7) is 1.56. The van der Waals surface area contributed by atoms with Crippen molar-refractivity contribution >= 4 is 40.0 Å². The molecule has 0 atom stereocenters. The van der Waals surface area contributed by atoms with Crippen molar-refractivity contribution in [2.24, 2.45) is 4.99 Å². The lowest BCUT2D eigenvalue weighted by molar-refractivity contribution is 0.322. The lowest BCUT2D eigenvalue weighted by Gasteiger charge is -2.13. The Labute approximate surface area is 184 Å². The number of guanidine groups is 1. The molecule has 9 heteroatoms. The Morgan fingerprint density at radius 3 is 2.21 bits per heavy atom. The van der Waals surface area contributed by atoms with E-state index in [-0.39, 0.29) is 42.8 Å². The van der Waals surface area contributed by atoms with E-state index in [9.17, 15) is 8.42 Å². The minimum Gasteiger partial charge on any atom is -0.492 e. The smallest absolute Gasteiger partial charge is 0.213 e. The van der Waals surface area contributed by atoms with Crippen LogP contribution in [0.1, 0.15) is 5.56 Å². The van der Waals surface area contributed by atoms with Gasteiger partial charge in [-0.25, -0.2) is 13.1 Å². The molecule has 28 heavy (non-hydrogen) atoms. The first kappa shape index (κ1) is 24.2. The molecule has 0 fully saturated rings. The predicted molar refractivity (Wildman–Crippen MR) is 124 cm³/mol. The number of rotatable bonds is 10. The lowest BCUT2D eigenvalue weighted by Crippen LogP contribution is -2.42. The number of ether oxygens (including phenoxy) is 1. The fourth-order valence-corrected chi connectivity index (χ4v) is 3.14. The highest BCUT2D eigenvalue weighted by Gasteiger charge is 2.10. The van der Waals surface area contributed by atoms with Gasteiger partial charge < -0.3 is 15.4 Å². The van der Waals surface area contributed by atoms with Crippen molar-refractivity contribution in [2.45, 2.75) is 6.54 Å².